The van der Waals surface area contributed by atoms with Crippen LogP contribution in [0.4, 0.5) is 5.69 Å². The number of carbonyl (C=O) groups is 1. The Morgan fingerprint density at radius 3 is 3.06 bits per heavy atom. The number of nitrogens with one attached hydrogen (secondary N) is 2. The number of rotatable bonds is 2. The summed E-state index contributed by atoms with van der Waals surface area (Å²) in [6.45, 7) is 2.91. The summed E-state index contributed by atoms with van der Waals surface area (Å²) in [5, 5.41) is 6.17. The van der Waals surface area contributed by atoms with E-state index in [0.29, 0.717) is 0 Å². The van der Waals surface area contributed by atoms with Gasteiger partial charge in [-0.05, 0) is 30.7 Å². The minimum Gasteiger partial charge on any atom is -0.325 e. The molecule has 1 unspecified atom stereocenters. The first-order chi connectivity index (χ1) is 8.16. The van der Waals surface area contributed by atoms with Gasteiger partial charge in [0.1, 0.15) is 0 Å². The van der Waals surface area contributed by atoms with Crippen molar-refractivity contribution in [1.82, 2.24) is 5.32 Å². The quantitative estimate of drug-likeness (QED) is 0.880. The average Bonchev–Trinajstić information content (AvgIpc) is 2.35. The molecule has 1 atom stereocenters. The fourth-order valence-electron chi connectivity index (χ4n) is 1.69. The molecule has 17 heavy (non-hydrogen) atoms. The van der Waals surface area contributed by atoms with E-state index in [-0.39, 0.29) is 11.9 Å². The van der Waals surface area contributed by atoms with Crippen molar-refractivity contribution in [3.05, 3.63) is 28.2 Å². The molecule has 3 nitrogen and oxygen atoms in total. The molecule has 0 aromatic heterocycles. The minimum atomic E-state index is -0.0716. The predicted molar refractivity (Wildman–Crippen MR) is 76.6 cm³/mol. The molecule has 0 aliphatic carbocycles. The van der Waals surface area contributed by atoms with Crippen LogP contribution < -0.4 is 10.6 Å². The third-order valence-corrected chi connectivity index (χ3v) is 4.62. The van der Waals surface area contributed by atoms with Crippen LogP contribution in [0.3, 0.4) is 0 Å². The summed E-state index contributed by atoms with van der Waals surface area (Å²) in [7, 11) is 0. The number of carbonyl (C=O) groups excluding carboxylic acids is 1. The Balaban J connectivity index is 1.99. The van der Waals surface area contributed by atoms with Crippen molar-refractivity contribution in [2.24, 2.45) is 0 Å². The lowest BCUT2D eigenvalue weighted by Crippen LogP contribution is -2.46. The predicted octanol–water partition coefficient (Wildman–Crippen LogP) is 2.40. The van der Waals surface area contributed by atoms with Crippen LogP contribution in [0.15, 0.2) is 22.7 Å². The molecule has 1 aromatic rings. The van der Waals surface area contributed by atoms with Gasteiger partial charge in [0.25, 0.3) is 0 Å². The molecule has 92 valence electrons. The fraction of sp³-hybridized carbons (Fsp3) is 0.417. The highest BCUT2D eigenvalue weighted by molar-refractivity contribution is 9.10. The second kappa shape index (κ2) is 5.89. The highest BCUT2D eigenvalue weighted by Crippen LogP contribution is 2.20. The second-order valence-electron chi connectivity index (χ2n) is 4.03. The summed E-state index contributed by atoms with van der Waals surface area (Å²) in [4.78, 5) is 12.0. The molecule has 1 saturated heterocycles. The lowest BCUT2D eigenvalue weighted by molar-refractivity contribution is -0.117. The van der Waals surface area contributed by atoms with E-state index in [1.54, 1.807) is 0 Å². The Bertz CT molecular complexity index is 419. The zero-order chi connectivity index (χ0) is 12.3. The van der Waals surface area contributed by atoms with Crippen molar-refractivity contribution < 1.29 is 4.79 Å². The van der Waals surface area contributed by atoms with E-state index in [9.17, 15) is 4.79 Å². The van der Waals surface area contributed by atoms with Gasteiger partial charge in [-0.1, -0.05) is 15.9 Å². The summed E-state index contributed by atoms with van der Waals surface area (Å²) in [5.41, 5.74) is 1.97. The summed E-state index contributed by atoms with van der Waals surface area (Å²) in [6, 6.07) is 5.76. The molecular weight excluding hydrogens is 300 g/mol. The maximum Gasteiger partial charge on any atom is 0.242 e. The van der Waals surface area contributed by atoms with Gasteiger partial charge in [0, 0.05) is 28.2 Å². The lowest BCUT2D eigenvalue weighted by atomic mass is 10.2. The van der Waals surface area contributed by atoms with Crippen LogP contribution in [0.25, 0.3) is 0 Å². The van der Waals surface area contributed by atoms with Crippen molar-refractivity contribution in [2.45, 2.75) is 13.0 Å². The van der Waals surface area contributed by atoms with Crippen LogP contribution in [-0.4, -0.2) is 30.0 Å². The molecule has 1 amide bonds. The first-order valence-corrected chi connectivity index (χ1v) is 7.50. The molecule has 0 saturated carbocycles. The number of hydrogen-bond acceptors (Lipinski definition) is 3. The number of amides is 1. The van der Waals surface area contributed by atoms with Gasteiger partial charge in [-0.3, -0.25) is 4.79 Å². The lowest BCUT2D eigenvalue weighted by Gasteiger charge is -2.22. The second-order valence-corrected chi connectivity index (χ2v) is 6.04. The zero-order valence-electron chi connectivity index (χ0n) is 9.63. The van der Waals surface area contributed by atoms with Gasteiger partial charge >= 0.3 is 0 Å². The van der Waals surface area contributed by atoms with Crippen molar-refractivity contribution >= 4 is 39.3 Å². The molecule has 1 aromatic carbocycles. The van der Waals surface area contributed by atoms with Crippen LogP contribution in [0.2, 0.25) is 0 Å². The number of thioether (sulfide) groups is 1. The first-order valence-electron chi connectivity index (χ1n) is 5.55. The molecule has 0 radical (unpaired) electrons. The van der Waals surface area contributed by atoms with Gasteiger partial charge in [0.15, 0.2) is 0 Å². The standard InChI is InChI=1S/C12H15BrN2OS/c1-8-6-9(2-3-10(8)13)15-12(16)11-7-17-5-4-14-11/h2-3,6,11,14H,4-5,7H2,1H3,(H,15,16). The fourth-order valence-corrected chi connectivity index (χ4v) is 2.87. The summed E-state index contributed by atoms with van der Waals surface area (Å²) in [6.07, 6.45) is 0. The third-order valence-electron chi connectivity index (χ3n) is 2.66. The molecule has 0 spiro atoms. The van der Waals surface area contributed by atoms with Crippen LogP contribution in [0, 0.1) is 6.92 Å². The molecule has 1 aliphatic heterocycles. The SMILES string of the molecule is Cc1cc(NC(=O)C2CSCCN2)ccc1Br. The summed E-state index contributed by atoms with van der Waals surface area (Å²) >= 11 is 5.26. The Morgan fingerprint density at radius 2 is 2.41 bits per heavy atom. The molecule has 2 N–H and O–H groups in total. The summed E-state index contributed by atoms with van der Waals surface area (Å²) < 4.78 is 1.06. The highest BCUT2D eigenvalue weighted by Gasteiger charge is 2.20. The average molecular weight is 315 g/mol. The number of aryl methyl sites for hydroxylation is 1. The number of anilines is 1. The van der Waals surface area contributed by atoms with Crippen LogP contribution >= 0.6 is 27.7 Å². The highest BCUT2D eigenvalue weighted by atomic mass is 79.9. The third kappa shape index (κ3) is 3.47. The molecule has 1 aliphatic rings. The van der Waals surface area contributed by atoms with Gasteiger partial charge in [-0.15, -0.1) is 0 Å². The smallest absolute Gasteiger partial charge is 0.242 e. The molecule has 0 bridgehead atoms. The molecule has 2 rings (SSSR count). The maximum atomic E-state index is 12.0. The van der Waals surface area contributed by atoms with Crippen molar-refractivity contribution in [3.8, 4) is 0 Å². The Hall–Kier alpha value is -0.520. The molecule has 5 heteroatoms. The number of benzene rings is 1. The van der Waals surface area contributed by atoms with E-state index in [2.05, 4.69) is 26.6 Å². The minimum absolute atomic E-state index is 0.0546. The van der Waals surface area contributed by atoms with E-state index in [1.807, 2.05) is 36.9 Å². The van der Waals surface area contributed by atoms with Gasteiger partial charge < -0.3 is 10.6 Å². The molecular formula is C12H15BrN2OS. The number of hydrogen-bond donors (Lipinski definition) is 2. The van der Waals surface area contributed by atoms with Crippen LogP contribution in [0.1, 0.15) is 5.56 Å². The zero-order valence-corrected chi connectivity index (χ0v) is 12.0. The number of halogens is 1. The van der Waals surface area contributed by atoms with E-state index < -0.39 is 0 Å². The van der Waals surface area contributed by atoms with Gasteiger partial charge in [0.2, 0.25) is 5.91 Å². The van der Waals surface area contributed by atoms with E-state index >= 15 is 0 Å². The van der Waals surface area contributed by atoms with E-state index in [1.165, 1.54) is 0 Å². The first kappa shape index (κ1) is 12.9. The normalized spacial score (nSPS) is 20.0. The van der Waals surface area contributed by atoms with Gasteiger partial charge in [-0.25, -0.2) is 0 Å². The molecule has 1 fully saturated rings. The van der Waals surface area contributed by atoms with Crippen molar-refractivity contribution in [2.75, 3.05) is 23.4 Å². The van der Waals surface area contributed by atoms with Crippen molar-refractivity contribution in [3.63, 3.8) is 0 Å². The Morgan fingerprint density at radius 1 is 1.59 bits per heavy atom. The van der Waals surface area contributed by atoms with Gasteiger partial charge in [-0.2, -0.15) is 11.8 Å². The topological polar surface area (TPSA) is 41.1 Å². The largest absolute Gasteiger partial charge is 0.325 e. The summed E-state index contributed by atoms with van der Waals surface area (Å²) in [5.74, 6) is 1.99. The molecule has 1 heterocycles. The Kier molecular flexibility index (Phi) is 4.48. The van der Waals surface area contributed by atoms with E-state index in [4.69, 9.17) is 0 Å². The Labute approximate surface area is 114 Å². The maximum absolute atomic E-state index is 12.0. The van der Waals surface area contributed by atoms with Gasteiger partial charge in [0.05, 0.1) is 6.04 Å². The van der Waals surface area contributed by atoms with Crippen LogP contribution in [-0.2, 0) is 4.79 Å². The monoisotopic (exact) mass is 314 g/mol. The van der Waals surface area contributed by atoms with E-state index in [0.717, 1.165) is 33.8 Å². The van der Waals surface area contributed by atoms with Crippen molar-refractivity contribution in [1.29, 1.82) is 0 Å². The van der Waals surface area contributed by atoms with Crippen LogP contribution in [0.5, 0.6) is 0 Å².